The summed E-state index contributed by atoms with van der Waals surface area (Å²) in [7, 11) is 1.54. The van der Waals surface area contributed by atoms with Gasteiger partial charge in [0.2, 0.25) is 0 Å². The third-order valence-corrected chi connectivity index (χ3v) is 6.70. The summed E-state index contributed by atoms with van der Waals surface area (Å²) in [6.45, 7) is 2.50. The Hall–Kier alpha value is -2.93. The summed E-state index contributed by atoms with van der Waals surface area (Å²) in [6, 6.07) is 17.5. The van der Waals surface area contributed by atoms with Crippen LogP contribution in [0.25, 0.3) is 0 Å². The van der Waals surface area contributed by atoms with Gasteiger partial charge in [-0.15, -0.1) is 0 Å². The standard InChI is InChI=1S/C25H22Cl3N3O3/c1-34-22-10-5-16(26)15-20(22)25(33)31-13-11-30(12-14-31)18-8-6-17(7-9-18)29-24(32)19-3-2-4-21(27)23(19)28/h2-10,15H,11-14H2,1H3,(H,29,32). The third kappa shape index (κ3) is 5.25. The van der Waals surface area contributed by atoms with Crippen molar-refractivity contribution in [3.8, 4) is 5.75 Å². The highest BCUT2D eigenvalue weighted by atomic mass is 35.5. The molecule has 1 aliphatic rings. The molecule has 3 aromatic rings. The highest BCUT2D eigenvalue weighted by Gasteiger charge is 2.25. The first-order chi connectivity index (χ1) is 16.4. The van der Waals surface area contributed by atoms with E-state index in [0.29, 0.717) is 58.8 Å². The summed E-state index contributed by atoms with van der Waals surface area (Å²) in [6.07, 6.45) is 0. The van der Waals surface area contributed by atoms with Crippen LogP contribution in [-0.2, 0) is 0 Å². The van der Waals surface area contributed by atoms with Crippen LogP contribution >= 0.6 is 34.8 Å². The molecule has 34 heavy (non-hydrogen) atoms. The SMILES string of the molecule is COc1ccc(Cl)cc1C(=O)N1CCN(c2ccc(NC(=O)c3cccc(Cl)c3Cl)cc2)CC1. The van der Waals surface area contributed by atoms with Crippen molar-refractivity contribution >= 4 is 58.0 Å². The van der Waals surface area contributed by atoms with Gasteiger partial charge in [-0.2, -0.15) is 0 Å². The maximum Gasteiger partial charge on any atom is 0.257 e. The summed E-state index contributed by atoms with van der Waals surface area (Å²) in [4.78, 5) is 29.5. The van der Waals surface area contributed by atoms with E-state index in [0.717, 1.165) is 5.69 Å². The van der Waals surface area contributed by atoms with E-state index in [-0.39, 0.29) is 16.8 Å². The van der Waals surface area contributed by atoms with Gasteiger partial charge in [-0.05, 0) is 54.6 Å². The normalized spacial score (nSPS) is 13.5. The van der Waals surface area contributed by atoms with Gasteiger partial charge < -0.3 is 19.9 Å². The lowest BCUT2D eigenvalue weighted by molar-refractivity contribution is 0.0743. The highest BCUT2D eigenvalue weighted by Crippen LogP contribution is 2.28. The zero-order valence-corrected chi connectivity index (χ0v) is 20.6. The van der Waals surface area contributed by atoms with E-state index < -0.39 is 0 Å². The molecule has 0 saturated carbocycles. The zero-order valence-electron chi connectivity index (χ0n) is 18.4. The van der Waals surface area contributed by atoms with Crippen LogP contribution in [-0.4, -0.2) is 50.0 Å². The summed E-state index contributed by atoms with van der Waals surface area (Å²) < 4.78 is 5.32. The minimum Gasteiger partial charge on any atom is -0.496 e. The lowest BCUT2D eigenvalue weighted by atomic mass is 10.1. The van der Waals surface area contributed by atoms with Gasteiger partial charge in [0, 0.05) is 42.6 Å². The van der Waals surface area contributed by atoms with E-state index in [9.17, 15) is 9.59 Å². The largest absolute Gasteiger partial charge is 0.496 e. The first-order valence-corrected chi connectivity index (χ1v) is 11.7. The molecule has 4 rings (SSSR count). The Kier molecular flexibility index (Phi) is 7.51. The van der Waals surface area contributed by atoms with Crippen molar-refractivity contribution in [2.75, 3.05) is 43.5 Å². The van der Waals surface area contributed by atoms with E-state index in [2.05, 4.69) is 10.2 Å². The number of hydrogen-bond acceptors (Lipinski definition) is 4. The number of anilines is 2. The average Bonchev–Trinajstić information content (AvgIpc) is 2.85. The van der Waals surface area contributed by atoms with E-state index in [4.69, 9.17) is 39.5 Å². The molecule has 0 radical (unpaired) electrons. The second-order valence-corrected chi connectivity index (χ2v) is 8.95. The molecule has 1 saturated heterocycles. The second-order valence-electron chi connectivity index (χ2n) is 7.73. The van der Waals surface area contributed by atoms with Crippen LogP contribution < -0.4 is 15.0 Å². The summed E-state index contributed by atoms with van der Waals surface area (Å²) >= 11 is 18.2. The van der Waals surface area contributed by atoms with Gasteiger partial charge in [-0.25, -0.2) is 0 Å². The third-order valence-electron chi connectivity index (χ3n) is 5.65. The smallest absolute Gasteiger partial charge is 0.257 e. The van der Waals surface area contributed by atoms with Gasteiger partial charge in [0.15, 0.2) is 0 Å². The first-order valence-electron chi connectivity index (χ1n) is 10.6. The molecule has 0 unspecified atom stereocenters. The van der Waals surface area contributed by atoms with Gasteiger partial charge in [-0.3, -0.25) is 9.59 Å². The topological polar surface area (TPSA) is 61.9 Å². The molecular weight excluding hydrogens is 497 g/mol. The molecule has 9 heteroatoms. The molecule has 6 nitrogen and oxygen atoms in total. The number of halogens is 3. The first kappa shape index (κ1) is 24.2. The van der Waals surface area contributed by atoms with Crippen molar-refractivity contribution in [1.82, 2.24) is 4.90 Å². The number of amides is 2. The van der Waals surface area contributed by atoms with Crippen LogP contribution in [0.15, 0.2) is 60.7 Å². The van der Waals surface area contributed by atoms with Crippen LogP contribution in [0.2, 0.25) is 15.1 Å². The Morgan fingerprint density at radius 1 is 0.882 bits per heavy atom. The Morgan fingerprint density at radius 3 is 2.26 bits per heavy atom. The van der Waals surface area contributed by atoms with Gasteiger partial charge in [-0.1, -0.05) is 40.9 Å². The Balaban J connectivity index is 1.37. The second kappa shape index (κ2) is 10.6. The Morgan fingerprint density at radius 2 is 1.59 bits per heavy atom. The molecule has 0 spiro atoms. The van der Waals surface area contributed by atoms with E-state index >= 15 is 0 Å². The molecule has 0 aliphatic carbocycles. The van der Waals surface area contributed by atoms with Crippen molar-refractivity contribution in [1.29, 1.82) is 0 Å². The monoisotopic (exact) mass is 517 g/mol. The number of carbonyl (C=O) groups is 2. The van der Waals surface area contributed by atoms with Crippen LogP contribution in [0.1, 0.15) is 20.7 Å². The molecule has 176 valence electrons. The maximum absolute atomic E-state index is 13.0. The summed E-state index contributed by atoms with van der Waals surface area (Å²) in [5.74, 6) is 0.0779. The molecular formula is C25H22Cl3N3O3. The van der Waals surface area contributed by atoms with E-state index in [1.54, 1.807) is 41.3 Å². The maximum atomic E-state index is 13.0. The van der Waals surface area contributed by atoms with Crippen LogP contribution in [0.5, 0.6) is 5.75 Å². The molecule has 1 fully saturated rings. The minimum atomic E-state index is -0.330. The van der Waals surface area contributed by atoms with Crippen molar-refractivity contribution < 1.29 is 14.3 Å². The fourth-order valence-corrected chi connectivity index (χ4v) is 4.38. The van der Waals surface area contributed by atoms with Crippen molar-refractivity contribution in [3.05, 3.63) is 86.9 Å². The van der Waals surface area contributed by atoms with Gasteiger partial charge in [0.05, 0.1) is 28.3 Å². The number of piperazine rings is 1. The fourth-order valence-electron chi connectivity index (χ4n) is 3.82. The van der Waals surface area contributed by atoms with Gasteiger partial charge >= 0.3 is 0 Å². The van der Waals surface area contributed by atoms with E-state index in [1.807, 2.05) is 24.3 Å². The average molecular weight is 519 g/mol. The van der Waals surface area contributed by atoms with Crippen molar-refractivity contribution in [2.45, 2.75) is 0 Å². The summed E-state index contributed by atoms with van der Waals surface area (Å²) in [5, 5.41) is 3.88. The minimum absolute atomic E-state index is 0.100. The highest BCUT2D eigenvalue weighted by molar-refractivity contribution is 6.44. The van der Waals surface area contributed by atoms with Crippen LogP contribution in [0.4, 0.5) is 11.4 Å². The summed E-state index contributed by atoms with van der Waals surface area (Å²) in [5.41, 5.74) is 2.43. The number of ether oxygens (including phenoxy) is 1. The molecule has 0 bridgehead atoms. The van der Waals surface area contributed by atoms with Gasteiger partial charge in [0.1, 0.15) is 5.75 Å². The number of benzene rings is 3. The predicted molar refractivity (Wildman–Crippen MR) is 137 cm³/mol. The van der Waals surface area contributed by atoms with E-state index in [1.165, 1.54) is 7.11 Å². The van der Waals surface area contributed by atoms with Crippen molar-refractivity contribution in [3.63, 3.8) is 0 Å². The number of nitrogens with zero attached hydrogens (tertiary/aromatic N) is 2. The number of rotatable bonds is 5. The lowest BCUT2D eigenvalue weighted by Crippen LogP contribution is -2.48. The van der Waals surface area contributed by atoms with Crippen LogP contribution in [0, 0.1) is 0 Å². The molecule has 2 amide bonds. The number of methoxy groups -OCH3 is 1. The molecule has 1 aliphatic heterocycles. The predicted octanol–water partition coefficient (Wildman–Crippen LogP) is 5.87. The zero-order chi connectivity index (χ0) is 24.2. The molecule has 3 aromatic carbocycles. The lowest BCUT2D eigenvalue weighted by Gasteiger charge is -2.36. The van der Waals surface area contributed by atoms with Gasteiger partial charge in [0.25, 0.3) is 11.8 Å². The number of carbonyl (C=O) groups excluding carboxylic acids is 2. The van der Waals surface area contributed by atoms with Crippen molar-refractivity contribution in [2.24, 2.45) is 0 Å². The molecule has 1 heterocycles. The Bertz CT molecular complexity index is 1210. The molecule has 0 aromatic heterocycles. The number of hydrogen-bond donors (Lipinski definition) is 1. The van der Waals surface area contributed by atoms with Crippen LogP contribution in [0.3, 0.4) is 0 Å². The number of nitrogens with one attached hydrogen (secondary N) is 1. The quantitative estimate of drug-likeness (QED) is 0.459. The Labute approximate surface area is 213 Å². The fraction of sp³-hybridized carbons (Fsp3) is 0.200. The molecule has 0 atom stereocenters. The molecule has 1 N–H and O–H groups in total.